The smallest absolute Gasteiger partial charge is 0.251 e. The molecule has 7 nitrogen and oxygen atoms in total. The summed E-state index contributed by atoms with van der Waals surface area (Å²) in [5.41, 5.74) is 2.85. The number of aromatic nitrogens is 3. The second kappa shape index (κ2) is 9.35. The van der Waals surface area contributed by atoms with Gasteiger partial charge in [-0.25, -0.2) is 9.67 Å². The Morgan fingerprint density at radius 2 is 1.80 bits per heavy atom. The minimum atomic E-state index is -0.0827. The number of nitrogens with zero attached hydrogens (tertiary/aromatic N) is 4. The van der Waals surface area contributed by atoms with Gasteiger partial charge in [0.05, 0.1) is 0 Å². The fourth-order valence-electron chi connectivity index (χ4n) is 3.79. The number of carbonyl (C=O) groups excluding carboxylic acids is 2. The van der Waals surface area contributed by atoms with Crippen molar-refractivity contribution < 1.29 is 9.59 Å². The summed E-state index contributed by atoms with van der Waals surface area (Å²) in [5, 5.41) is 7.02. The Kier molecular flexibility index (Phi) is 6.17. The van der Waals surface area contributed by atoms with E-state index in [9.17, 15) is 9.59 Å². The van der Waals surface area contributed by atoms with Crippen molar-refractivity contribution in [2.75, 3.05) is 19.6 Å². The van der Waals surface area contributed by atoms with Crippen LogP contribution in [0.2, 0.25) is 0 Å². The number of amides is 2. The number of hydrogen-bond donors (Lipinski definition) is 1. The van der Waals surface area contributed by atoms with E-state index < -0.39 is 0 Å². The van der Waals surface area contributed by atoms with Crippen LogP contribution < -0.4 is 5.32 Å². The fourth-order valence-corrected chi connectivity index (χ4v) is 3.79. The summed E-state index contributed by atoms with van der Waals surface area (Å²) < 4.78 is 1.53. The summed E-state index contributed by atoms with van der Waals surface area (Å²) in [5.74, 6) is 0.208. The van der Waals surface area contributed by atoms with Gasteiger partial charge in [0.15, 0.2) is 0 Å². The first-order chi connectivity index (χ1) is 14.7. The van der Waals surface area contributed by atoms with E-state index in [1.807, 2.05) is 59.5 Å². The van der Waals surface area contributed by atoms with Crippen LogP contribution in [0.4, 0.5) is 0 Å². The van der Waals surface area contributed by atoms with Gasteiger partial charge in [-0.05, 0) is 42.0 Å². The third kappa shape index (κ3) is 4.92. The zero-order valence-corrected chi connectivity index (χ0v) is 16.8. The van der Waals surface area contributed by atoms with Gasteiger partial charge in [0.2, 0.25) is 5.91 Å². The van der Waals surface area contributed by atoms with Crippen LogP contribution in [-0.4, -0.2) is 51.1 Å². The van der Waals surface area contributed by atoms with Gasteiger partial charge in [-0.2, -0.15) is 5.10 Å². The molecule has 1 saturated heterocycles. The molecule has 1 aliphatic rings. The highest BCUT2D eigenvalue weighted by atomic mass is 16.2. The highest BCUT2D eigenvalue weighted by Gasteiger charge is 2.24. The normalized spacial score (nSPS) is 16.3. The van der Waals surface area contributed by atoms with E-state index in [0.717, 1.165) is 30.5 Å². The van der Waals surface area contributed by atoms with Crippen LogP contribution in [0.1, 0.15) is 23.2 Å². The molecule has 30 heavy (non-hydrogen) atoms. The molecule has 0 unspecified atom stereocenters. The van der Waals surface area contributed by atoms with Gasteiger partial charge in [0, 0.05) is 25.2 Å². The minimum Gasteiger partial charge on any atom is -0.352 e. The Labute approximate surface area is 175 Å². The van der Waals surface area contributed by atoms with E-state index in [1.54, 1.807) is 6.33 Å². The first kappa shape index (κ1) is 19.8. The molecule has 1 aromatic heterocycles. The van der Waals surface area contributed by atoms with Crippen LogP contribution in [0.3, 0.4) is 0 Å². The van der Waals surface area contributed by atoms with Gasteiger partial charge in [-0.15, -0.1) is 0 Å². The van der Waals surface area contributed by atoms with E-state index in [1.165, 1.54) is 11.0 Å². The molecule has 2 heterocycles. The maximum atomic E-state index is 12.6. The molecule has 0 bridgehead atoms. The number of benzene rings is 2. The highest BCUT2D eigenvalue weighted by molar-refractivity contribution is 5.94. The standard InChI is InChI=1S/C23H25N5O2/c29-22(15-28-17-24-16-26-28)27-12-4-5-18(14-27)13-25-23(30)21-10-8-20(9-11-21)19-6-2-1-3-7-19/h1-3,6-11,16-18H,4-5,12-15H2,(H,25,30)/t18-/m0/s1. The first-order valence-electron chi connectivity index (χ1n) is 10.2. The second-order valence-corrected chi connectivity index (χ2v) is 7.59. The Morgan fingerprint density at radius 3 is 2.53 bits per heavy atom. The van der Waals surface area contributed by atoms with Gasteiger partial charge < -0.3 is 10.2 Å². The maximum Gasteiger partial charge on any atom is 0.251 e. The number of hydrogen-bond acceptors (Lipinski definition) is 4. The van der Waals surface area contributed by atoms with Gasteiger partial charge in [-0.1, -0.05) is 42.5 Å². The van der Waals surface area contributed by atoms with Crippen LogP contribution in [-0.2, 0) is 11.3 Å². The Bertz CT molecular complexity index is 971. The van der Waals surface area contributed by atoms with Gasteiger partial charge >= 0.3 is 0 Å². The largest absolute Gasteiger partial charge is 0.352 e. The molecular weight excluding hydrogens is 378 g/mol. The van der Waals surface area contributed by atoms with Gasteiger partial charge in [0.25, 0.3) is 5.91 Å². The van der Waals surface area contributed by atoms with Crippen molar-refractivity contribution in [3.8, 4) is 11.1 Å². The zero-order chi connectivity index (χ0) is 20.8. The lowest BCUT2D eigenvalue weighted by atomic mass is 9.97. The van der Waals surface area contributed by atoms with E-state index in [2.05, 4.69) is 15.4 Å². The third-order valence-electron chi connectivity index (χ3n) is 5.44. The molecule has 0 aliphatic carbocycles. The van der Waals surface area contributed by atoms with Crippen molar-refractivity contribution in [1.29, 1.82) is 0 Å². The molecular formula is C23H25N5O2. The molecule has 154 valence electrons. The van der Waals surface area contributed by atoms with E-state index in [-0.39, 0.29) is 24.3 Å². The van der Waals surface area contributed by atoms with Crippen molar-refractivity contribution in [2.24, 2.45) is 5.92 Å². The maximum absolute atomic E-state index is 12.6. The zero-order valence-electron chi connectivity index (χ0n) is 16.8. The molecule has 0 saturated carbocycles. The lowest BCUT2D eigenvalue weighted by Crippen LogP contribution is -2.44. The van der Waals surface area contributed by atoms with Crippen molar-refractivity contribution in [3.63, 3.8) is 0 Å². The summed E-state index contributed by atoms with van der Waals surface area (Å²) in [7, 11) is 0. The molecule has 1 atom stereocenters. The van der Waals surface area contributed by atoms with E-state index in [4.69, 9.17) is 0 Å². The highest BCUT2D eigenvalue weighted by Crippen LogP contribution is 2.20. The predicted octanol–water partition coefficient (Wildman–Crippen LogP) is 2.61. The number of nitrogens with one attached hydrogen (secondary N) is 1. The van der Waals surface area contributed by atoms with Crippen LogP contribution in [0.5, 0.6) is 0 Å². The SMILES string of the molecule is O=C(NC[C@@H]1CCCN(C(=O)Cn2cncn2)C1)c1ccc(-c2ccccc2)cc1. The fraction of sp³-hybridized carbons (Fsp3) is 0.304. The first-order valence-corrected chi connectivity index (χ1v) is 10.2. The molecule has 7 heteroatoms. The molecule has 2 amide bonds. The van der Waals surface area contributed by atoms with Gasteiger partial charge in [0.1, 0.15) is 19.2 Å². The van der Waals surface area contributed by atoms with Crippen LogP contribution in [0.25, 0.3) is 11.1 Å². The summed E-state index contributed by atoms with van der Waals surface area (Å²) in [4.78, 5) is 30.7. The summed E-state index contributed by atoms with van der Waals surface area (Å²) in [6.45, 7) is 2.17. The molecule has 3 aromatic rings. The second-order valence-electron chi connectivity index (χ2n) is 7.59. The Hall–Kier alpha value is -3.48. The minimum absolute atomic E-state index is 0.0352. The molecule has 1 aliphatic heterocycles. The van der Waals surface area contributed by atoms with Crippen molar-refractivity contribution in [1.82, 2.24) is 25.0 Å². The molecule has 0 spiro atoms. The van der Waals surface area contributed by atoms with Crippen molar-refractivity contribution in [3.05, 3.63) is 72.8 Å². The van der Waals surface area contributed by atoms with E-state index in [0.29, 0.717) is 18.7 Å². The van der Waals surface area contributed by atoms with Crippen LogP contribution in [0, 0.1) is 5.92 Å². The number of carbonyl (C=O) groups is 2. The molecule has 4 rings (SSSR count). The lowest BCUT2D eigenvalue weighted by Gasteiger charge is -2.32. The number of rotatable bonds is 6. The topological polar surface area (TPSA) is 80.1 Å². The Morgan fingerprint density at radius 1 is 1.03 bits per heavy atom. The summed E-state index contributed by atoms with van der Waals surface area (Å²) in [6, 6.07) is 17.7. The number of piperidine rings is 1. The monoisotopic (exact) mass is 403 g/mol. The van der Waals surface area contributed by atoms with Crippen LogP contribution >= 0.6 is 0 Å². The average molecular weight is 403 g/mol. The van der Waals surface area contributed by atoms with Crippen molar-refractivity contribution >= 4 is 11.8 Å². The third-order valence-corrected chi connectivity index (χ3v) is 5.44. The average Bonchev–Trinajstić information content (AvgIpc) is 3.31. The predicted molar refractivity (Wildman–Crippen MR) is 114 cm³/mol. The lowest BCUT2D eigenvalue weighted by molar-refractivity contribution is -0.133. The summed E-state index contributed by atoms with van der Waals surface area (Å²) >= 11 is 0. The van der Waals surface area contributed by atoms with Crippen LogP contribution in [0.15, 0.2) is 67.3 Å². The molecule has 0 radical (unpaired) electrons. The van der Waals surface area contributed by atoms with E-state index >= 15 is 0 Å². The molecule has 1 N–H and O–H groups in total. The molecule has 1 fully saturated rings. The quantitative estimate of drug-likeness (QED) is 0.686. The van der Waals surface area contributed by atoms with Gasteiger partial charge in [-0.3, -0.25) is 9.59 Å². The molecule has 2 aromatic carbocycles. The van der Waals surface area contributed by atoms with Crippen molar-refractivity contribution in [2.45, 2.75) is 19.4 Å². The Balaban J connectivity index is 1.28. The summed E-state index contributed by atoms with van der Waals surface area (Å²) in [6.07, 6.45) is 4.91. The number of likely N-dealkylation sites (tertiary alicyclic amines) is 1.